The van der Waals surface area contributed by atoms with Crippen LogP contribution in [0.1, 0.15) is 24.7 Å². The molecule has 0 fully saturated rings. The van der Waals surface area contributed by atoms with Crippen LogP contribution in [0.5, 0.6) is 0 Å². The molecule has 0 saturated heterocycles. The highest BCUT2D eigenvalue weighted by atomic mass is 19.4. The number of halogens is 3. The number of nitrogens with two attached hydrogens (primary N) is 1. The molecule has 0 radical (unpaired) electrons. The van der Waals surface area contributed by atoms with Crippen molar-refractivity contribution in [2.75, 3.05) is 18.4 Å². The molecule has 3 heterocycles. The van der Waals surface area contributed by atoms with Gasteiger partial charge < -0.3 is 11.1 Å². The molecule has 1 aromatic heterocycles. The number of anilines is 1. The summed E-state index contributed by atoms with van der Waals surface area (Å²) in [4.78, 5) is 17.1. The number of hydrogen-bond donors (Lipinski definition) is 2. The van der Waals surface area contributed by atoms with E-state index in [1.165, 1.54) is 6.20 Å². The summed E-state index contributed by atoms with van der Waals surface area (Å²) in [5.74, 6) is 1.02. The maximum Gasteiger partial charge on any atom is 0.389 e. The van der Waals surface area contributed by atoms with Gasteiger partial charge in [0.25, 0.3) is 0 Å². The Morgan fingerprint density at radius 3 is 2.85 bits per heavy atom. The van der Waals surface area contributed by atoms with Gasteiger partial charge in [0.1, 0.15) is 17.5 Å². The van der Waals surface area contributed by atoms with E-state index in [4.69, 9.17) is 5.73 Å². The van der Waals surface area contributed by atoms with Gasteiger partial charge in [-0.1, -0.05) is 6.08 Å². The van der Waals surface area contributed by atoms with Crippen molar-refractivity contribution in [3.05, 3.63) is 47.6 Å². The first-order valence-electron chi connectivity index (χ1n) is 8.41. The van der Waals surface area contributed by atoms with Crippen LogP contribution in [0.2, 0.25) is 0 Å². The summed E-state index contributed by atoms with van der Waals surface area (Å²) >= 11 is 0. The molecule has 0 bridgehead atoms. The Bertz CT molecular complexity index is 878. The number of aliphatic imine (C=N–C) groups is 2. The number of nitrogens with zero attached hydrogens (tertiary/aromatic N) is 4. The third-order valence-electron chi connectivity index (χ3n) is 3.96. The van der Waals surface area contributed by atoms with Crippen LogP contribution in [0.4, 0.5) is 19.0 Å². The van der Waals surface area contributed by atoms with E-state index in [0.717, 1.165) is 11.1 Å². The van der Waals surface area contributed by atoms with Gasteiger partial charge in [0, 0.05) is 36.5 Å². The van der Waals surface area contributed by atoms with Crippen LogP contribution in [-0.2, 0) is 6.42 Å². The average molecular weight is 376 g/mol. The molecule has 0 aromatic carbocycles. The number of aryl methyl sites for hydroxylation is 1. The number of allylic oxidation sites excluding steroid dienone is 2. The fraction of sp³-hybridized carbons (Fsp3) is 0.333. The Kier molecular flexibility index (Phi) is 5.38. The fourth-order valence-corrected chi connectivity index (χ4v) is 2.60. The van der Waals surface area contributed by atoms with E-state index < -0.39 is 12.6 Å². The molecule has 3 N–H and O–H groups in total. The molecule has 2 aliphatic heterocycles. The molecular weight excluding hydrogens is 357 g/mol. The zero-order chi connectivity index (χ0) is 19.4. The van der Waals surface area contributed by atoms with Crippen molar-refractivity contribution in [3.8, 4) is 0 Å². The maximum absolute atomic E-state index is 12.4. The van der Waals surface area contributed by atoms with Crippen molar-refractivity contribution in [2.24, 2.45) is 15.7 Å². The molecule has 0 saturated carbocycles. The van der Waals surface area contributed by atoms with Crippen molar-refractivity contribution >= 4 is 22.9 Å². The predicted octanol–water partition coefficient (Wildman–Crippen LogP) is 3.05. The molecule has 0 amide bonds. The molecule has 0 unspecified atom stereocenters. The molecule has 0 spiro atoms. The van der Waals surface area contributed by atoms with Crippen LogP contribution >= 0.6 is 0 Å². The van der Waals surface area contributed by atoms with Gasteiger partial charge in [-0.05, 0) is 24.6 Å². The standard InChI is InChI=1S/C18H19F3N6/c1-11-8-24-14(2-3-15(22)25-9-11)12-5-7-23-17-13(12)10-26-16(27-17)4-6-18(19,20)21/h2-3,5,9-10H,4,6-8H2,1H3,(H2,22,25)(H,23,26,27)/b3-2-,11-9-,24-14?. The monoisotopic (exact) mass is 376 g/mol. The molecule has 142 valence electrons. The number of alkyl halides is 3. The maximum atomic E-state index is 12.4. The first kappa shape index (κ1) is 18.8. The summed E-state index contributed by atoms with van der Waals surface area (Å²) < 4.78 is 37.3. The molecule has 27 heavy (non-hydrogen) atoms. The summed E-state index contributed by atoms with van der Waals surface area (Å²) in [5, 5.41) is 3.08. The zero-order valence-electron chi connectivity index (χ0n) is 14.7. The van der Waals surface area contributed by atoms with Gasteiger partial charge in [0.2, 0.25) is 0 Å². The largest absolute Gasteiger partial charge is 0.389 e. The van der Waals surface area contributed by atoms with Crippen molar-refractivity contribution in [1.29, 1.82) is 0 Å². The van der Waals surface area contributed by atoms with Crippen molar-refractivity contribution in [1.82, 2.24) is 9.97 Å². The zero-order valence-corrected chi connectivity index (χ0v) is 14.7. The van der Waals surface area contributed by atoms with E-state index >= 15 is 0 Å². The lowest BCUT2D eigenvalue weighted by atomic mass is 9.99. The summed E-state index contributed by atoms with van der Waals surface area (Å²) in [6, 6.07) is 0. The number of amidine groups is 1. The third kappa shape index (κ3) is 5.02. The topological polar surface area (TPSA) is 88.5 Å². The van der Waals surface area contributed by atoms with Gasteiger partial charge in [-0.3, -0.25) is 4.99 Å². The fourth-order valence-electron chi connectivity index (χ4n) is 2.60. The highest BCUT2D eigenvalue weighted by Gasteiger charge is 2.27. The number of nitrogens with one attached hydrogen (secondary N) is 1. The lowest BCUT2D eigenvalue weighted by Crippen LogP contribution is -2.17. The second kappa shape index (κ2) is 7.73. The SMILES string of the molecule is C/C1=C/N=C(N)/C=C\C(C2=CCNc3nc(CCC(F)(F)F)ncc32)=NC1. The summed E-state index contributed by atoms with van der Waals surface area (Å²) in [5.41, 5.74) is 8.97. The molecule has 0 aliphatic carbocycles. The van der Waals surface area contributed by atoms with Gasteiger partial charge in [-0.2, -0.15) is 13.2 Å². The third-order valence-corrected chi connectivity index (χ3v) is 3.96. The lowest BCUT2D eigenvalue weighted by Gasteiger charge is -2.19. The molecule has 2 aliphatic rings. The van der Waals surface area contributed by atoms with Crippen LogP contribution in [-0.4, -0.2) is 40.8 Å². The van der Waals surface area contributed by atoms with Crippen LogP contribution in [0.25, 0.3) is 5.57 Å². The van der Waals surface area contributed by atoms with Crippen molar-refractivity contribution < 1.29 is 13.2 Å². The minimum Gasteiger partial charge on any atom is -0.384 e. The van der Waals surface area contributed by atoms with Crippen LogP contribution in [0.15, 0.2) is 46.2 Å². The Morgan fingerprint density at radius 1 is 1.26 bits per heavy atom. The van der Waals surface area contributed by atoms with Crippen molar-refractivity contribution in [2.45, 2.75) is 25.9 Å². The van der Waals surface area contributed by atoms with Gasteiger partial charge in [0.05, 0.1) is 18.7 Å². The number of hydrogen-bond acceptors (Lipinski definition) is 6. The lowest BCUT2D eigenvalue weighted by molar-refractivity contribution is -0.134. The molecule has 9 heteroatoms. The molecule has 0 atom stereocenters. The normalized spacial score (nSPS) is 22.4. The van der Waals surface area contributed by atoms with Crippen LogP contribution in [0.3, 0.4) is 0 Å². The quantitative estimate of drug-likeness (QED) is 0.849. The molecular formula is C18H19F3N6. The Labute approximate surface area is 154 Å². The van der Waals surface area contributed by atoms with Crippen LogP contribution < -0.4 is 11.1 Å². The van der Waals surface area contributed by atoms with Gasteiger partial charge in [0.15, 0.2) is 0 Å². The minimum absolute atomic E-state index is 0.155. The summed E-state index contributed by atoms with van der Waals surface area (Å²) in [7, 11) is 0. The second-order valence-electron chi connectivity index (χ2n) is 6.23. The first-order chi connectivity index (χ1) is 12.8. The van der Waals surface area contributed by atoms with E-state index in [1.54, 1.807) is 18.4 Å². The minimum atomic E-state index is -4.23. The first-order valence-corrected chi connectivity index (χ1v) is 8.41. The summed E-state index contributed by atoms with van der Waals surface area (Å²) in [6.07, 6.45) is 3.14. The van der Waals surface area contributed by atoms with Gasteiger partial charge >= 0.3 is 6.18 Å². The van der Waals surface area contributed by atoms with Crippen LogP contribution in [0, 0.1) is 0 Å². The van der Waals surface area contributed by atoms with E-state index in [2.05, 4.69) is 25.3 Å². The van der Waals surface area contributed by atoms with Gasteiger partial charge in [-0.25, -0.2) is 15.0 Å². The van der Waals surface area contributed by atoms with Crippen molar-refractivity contribution in [3.63, 3.8) is 0 Å². The van der Waals surface area contributed by atoms with Gasteiger partial charge in [-0.15, -0.1) is 0 Å². The smallest absolute Gasteiger partial charge is 0.384 e. The average Bonchev–Trinajstić information content (AvgIpc) is 2.71. The molecule has 6 nitrogen and oxygen atoms in total. The Morgan fingerprint density at radius 2 is 2.07 bits per heavy atom. The van der Waals surface area contributed by atoms with E-state index in [1.807, 2.05) is 13.0 Å². The number of rotatable bonds is 3. The predicted molar refractivity (Wildman–Crippen MR) is 99.7 cm³/mol. The Balaban J connectivity index is 1.89. The van der Waals surface area contributed by atoms with E-state index in [-0.39, 0.29) is 12.2 Å². The summed E-state index contributed by atoms with van der Waals surface area (Å²) in [6.45, 7) is 2.86. The molecule has 1 aromatic rings. The number of aromatic nitrogens is 2. The van der Waals surface area contributed by atoms with E-state index in [9.17, 15) is 13.2 Å². The highest BCUT2D eigenvalue weighted by Crippen LogP contribution is 2.28. The van der Waals surface area contributed by atoms with E-state index in [0.29, 0.717) is 36.0 Å². The number of fused-ring (bicyclic) bond motifs is 1. The molecule has 3 rings (SSSR count). The Hall–Kier alpha value is -2.97. The highest BCUT2D eigenvalue weighted by molar-refractivity contribution is 6.31. The second-order valence-corrected chi connectivity index (χ2v) is 6.23.